The van der Waals surface area contributed by atoms with Gasteiger partial charge in [-0.1, -0.05) is 45.6 Å². The van der Waals surface area contributed by atoms with Crippen LogP contribution in [0.1, 0.15) is 108 Å². The van der Waals surface area contributed by atoms with E-state index in [4.69, 9.17) is 0 Å². The SMILES string of the molecule is CCC[C@H](c1nnnn1C(C)(C)CC)N(Cc1cc2c(C)cc(C)cc2[nH]c1=O)C1CCCCC1. The molecule has 0 aliphatic heterocycles. The number of nitrogens with one attached hydrogen (secondary N) is 1. The first kappa shape index (κ1) is 25.5. The second kappa shape index (κ2) is 10.6. The summed E-state index contributed by atoms with van der Waals surface area (Å²) in [7, 11) is 0. The summed E-state index contributed by atoms with van der Waals surface area (Å²) in [6.07, 6.45) is 9.00. The van der Waals surface area contributed by atoms with E-state index >= 15 is 0 Å². The van der Waals surface area contributed by atoms with Gasteiger partial charge in [0.15, 0.2) is 5.82 Å². The van der Waals surface area contributed by atoms with Crippen LogP contribution in [0.15, 0.2) is 23.0 Å². The standard InChI is InChI=1S/C28H42N6O/c1-7-12-25(26-30-31-32-34(26)28(5,6)8-2)33(22-13-10-9-11-14-22)18-21-17-23-20(4)15-19(3)16-24(23)29-27(21)35/h15-17,22,25H,7-14,18H2,1-6H3,(H,29,35)/t25-/m1/s1. The molecule has 0 unspecified atom stereocenters. The Morgan fingerprint density at radius 1 is 1.14 bits per heavy atom. The van der Waals surface area contributed by atoms with Crippen molar-refractivity contribution >= 4 is 10.9 Å². The number of fused-ring (bicyclic) bond motifs is 1. The third-order valence-electron chi connectivity index (χ3n) is 7.98. The molecule has 4 rings (SSSR count). The first-order chi connectivity index (χ1) is 16.7. The molecule has 0 amide bonds. The number of benzene rings is 1. The van der Waals surface area contributed by atoms with Crippen LogP contribution in [0.5, 0.6) is 0 Å². The Hall–Kier alpha value is -2.54. The Bertz CT molecular complexity index is 1200. The van der Waals surface area contributed by atoms with Crippen molar-refractivity contribution in [1.82, 2.24) is 30.1 Å². The summed E-state index contributed by atoms with van der Waals surface area (Å²) in [6.45, 7) is 13.6. The van der Waals surface area contributed by atoms with Crippen LogP contribution in [0.2, 0.25) is 0 Å². The van der Waals surface area contributed by atoms with Crippen LogP contribution >= 0.6 is 0 Å². The number of nitrogens with zero attached hydrogens (tertiary/aromatic N) is 5. The predicted molar refractivity (Wildman–Crippen MR) is 142 cm³/mol. The first-order valence-electron chi connectivity index (χ1n) is 13.4. The fourth-order valence-electron chi connectivity index (χ4n) is 5.64. The number of tetrazole rings is 1. The van der Waals surface area contributed by atoms with Crippen molar-refractivity contribution < 1.29 is 0 Å². The highest BCUT2D eigenvalue weighted by Crippen LogP contribution is 2.35. The van der Waals surface area contributed by atoms with E-state index in [0.717, 1.165) is 60.0 Å². The van der Waals surface area contributed by atoms with Crippen molar-refractivity contribution in [1.29, 1.82) is 0 Å². The van der Waals surface area contributed by atoms with Crippen molar-refractivity contribution in [2.45, 2.75) is 117 Å². The highest BCUT2D eigenvalue weighted by Gasteiger charge is 2.35. The molecule has 3 aromatic rings. The van der Waals surface area contributed by atoms with Crippen molar-refractivity contribution in [3.8, 4) is 0 Å². The molecule has 1 fully saturated rings. The molecule has 190 valence electrons. The highest BCUT2D eigenvalue weighted by atomic mass is 16.1. The van der Waals surface area contributed by atoms with Gasteiger partial charge in [0.2, 0.25) is 0 Å². The maximum Gasteiger partial charge on any atom is 0.252 e. The summed E-state index contributed by atoms with van der Waals surface area (Å²) >= 11 is 0. The van der Waals surface area contributed by atoms with Gasteiger partial charge in [0.05, 0.1) is 11.6 Å². The van der Waals surface area contributed by atoms with Crippen LogP contribution in [0.4, 0.5) is 0 Å². The monoisotopic (exact) mass is 478 g/mol. The normalized spacial score (nSPS) is 16.3. The van der Waals surface area contributed by atoms with Gasteiger partial charge in [-0.15, -0.1) is 5.10 Å². The molecule has 1 saturated carbocycles. The van der Waals surface area contributed by atoms with Gasteiger partial charge in [-0.3, -0.25) is 9.69 Å². The molecule has 2 aromatic heterocycles. The molecule has 1 aliphatic rings. The summed E-state index contributed by atoms with van der Waals surface area (Å²) < 4.78 is 2.03. The fraction of sp³-hybridized carbons (Fsp3) is 0.643. The lowest BCUT2D eigenvalue weighted by Crippen LogP contribution is -2.42. The fourth-order valence-corrected chi connectivity index (χ4v) is 5.64. The summed E-state index contributed by atoms with van der Waals surface area (Å²) in [6, 6.07) is 6.85. The molecule has 0 saturated heterocycles. The Morgan fingerprint density at radius 2 is 1.89 bits per heavy atom. The summed E-state index contributed by atoms with van der Waals surface area (Å²) in [5, 5.41) is 14.3. The minimum atomic E-state index is -0.168. The molecule has 7 nitrogen and oxygen atoms in total. The molecule has 1 aromatic carbocycles. The van der Waals surface area contributed by atoms with E-state index in [-0.39, 0.29) is 17.1 Å². The van der Waals surface area contributed by atoms with Gasteiger partial charge >= 0.3 is 0 Å². The molecule has 2 heterocycles. The summed E-state index contributed by atoms with van der Waals surface area (Å²) in [4.78, 5) is 19.0. The molecule has 1 atom stereocenters. The molecular weight excluding hydrogens is 436 g/mol. The van der Waals surface area contributed by atoms with Gasteiger partial charge in [-0.25, -0.2) is 4.68 Å². The molecule has 1 N–H and O–H groups in total. The lowest BCUT2D eigenvalue weighted by molar-refractivity contribution is 0.0770. The van der Waals surface area contributed by atoms with Gasteiger partial charge in [0.1, 0.15) is 0 Å². The molecule has 0 radical (unpaired) electrons. The van der Waals surface area contributed by atoms with Crippen LogP contribution in [0.3, 0.4) is 0 Å². The van der Waals surface area contributed by atoms with Crippen LogP contribution in [-0.2, 0) is 12.1 Å². The topological polar surface area (TPSA) is 79.7 Å². The van der Waals surface area contributed by atoms with Gasteiger partial charge in [-0.2, -0.15) is 0 Å². The zero-order chi connectivity index (χ0) is 25.2. The molecular formula is C28H42N6O. The van der Waals surface area contributed by atoms with Crippen molar-refractivity contribution in [2.75, 3.05) is 0 Å². The maximum absolute atomic E-state index is 13.3. The van der Waals surface area contributed by atoms with E-state index in [2.05, 4.69) is 85.2 Å². The van der Waals surface area contributed by atoms with E-state index in [1.807, 2.05) is 4.68 Å². The van der Waals surface area contributed by atoms with E-state index in [9.17, 15) is 4.79 Å². The molecule has 0 bridgehead atoms. The summed E-state index contributed by atoms with van der Waals surface area (Å²) in [5.74, 6) is 0.924. The van der Waals surface area contributed by atoms with Crippen molar-refractivity contribution in [3.05, 3.63) is 51.1 Å². The largest absolute Gasteiger partial charge is 0.322 e. The number of hydrogen-bond acceptors (Lipinski definition) is 5. The van der Waals surface area contributed by atoms with Gasteiger partial charge in [0, 0.05) is 29.1 Å². The molecule has 35 heavy (non-hydrogen) atoms. The second-order valence-electron chi connectivity index (χ2n) is 11.1. The van der Waals surface area contributed by atoms with Crippen LogP contribution in [-0.4, -0.2) is 36.1 Å². The Morgan fingerprint density at radius 3 is 2.57 bits per heavy atom. The molecule has 1 aliphatic carbocycles. The number of H-pyrrole nitrogens is 1. The van der Waals surface area contributed by atoms with E-state index in [1.165, 1.54) is 24.8 Å². The van der Waals surface area contributed by atoms with E-state index < -0.39 is 0 Å². The van der Waals surface area contributed by atoms with Crippen molar-refractivity contribution in [3.63, 3.8) is 0 Å². The lowest BCUT2D eigenvalue weighted by atomic mass is 9.91. The molecule has 0 spiro atoms. The van der Waals surface area contributed by atoms with E-state index in [1.54, 1.807) is 0 Å². The smallest absolute Gasteiger partial charge is 0.252 e. The third-order valence-corrected chi connectivity index (χ3v) is 7.98. The zero-order valence-electron chi connectivity index (χ0n) is 22.4. The molecule has 7 heteroatoms. The Kier molecular flexibility index (Phi) is 7.74. The van der Waals surface area contributed by atoms with Gasteiger partial charge in [0.25, 0.3) is 5.56 Å². The number of pyridine rings is 1. The lowest BCUT2D eigenvalue weighted by Gasteiger charge is -2.40. The van der Waals surface area contributed by atoms with Gasteiger partial charge in [-0.05, 0) is 87.1 Å². The minimum absolute atomic E-state index is 0.00652. The first-order valence-corrected chi connectivity index (χ1v) is 13.4. The second-order valence-corrected chi connectivity index (χ2v) is 11.1. The quantitative estimate of drug-likeness (QED) is 0.411. The van der Waals surface area contributed by atoms with Crippen LogP contribution in [0, 0.1) is 13.8 Å². The zero-order valence-corrected chi connectivity index (χ0v) is 22.4. The average molecular weight is 479 g/mol. The maximum atomic E-state index is 13.3. The summed E-state index contributed by atoms with van der Waals surface area (Å²) in [5.41, 5.74) is 3.94. The van der Waals surface area contributed by atoms with Crippen molar-refractivity contribution in [2.24, 2.45) is 0 Å². The van der Waals surface area contributed by atoms with Crippen LogP contribution < -0.4 is 5.56 Å². The number of hydrogen-bond donors (Lipinski definition) is 1. The minimum Gasteiger partial charge on any atom is -0.322 e. The average Bonchev–Trinajstić information content (AvgIpc) is 3.33. The predicted octanol–water partition coefficient (Wildman–Crippen LogP) is 5.95. The highest BCUT2D eigenvalue weighted by molar-refractivity contribution is 5.83. The van der Waals surface area contributed by atoms with E-state index in [0.29, 0.717) is 12.6 Å². The Labute approximate surface area is 209 Å². The number of aromatic nitrogens is 5. The number of aromatic amines is 1. The number of aryl methyl sites for hydroxylation is 2. The third kappa shape index (κ3) is 5.35. The number of rotatable bonds is 9. The van der Waals surface area contributed by atoms with Crippen LogP contribution in [0.25, 0.3) is 10.9 Å². The Balaban J connectivity index is 1.80. The van der Waals surface area contributed by atoms with Gasteiger partial charge < -0.3 is 4.98 Å².